The minimum absolute atomic E-state index is 0.0722. The number of fused-ring (bicyclic) bond motifs is 1. The monoisotopic (exact) mass is 415 g/mol. The number of anilines is 1. The van der Waals surface area contributed by atoms with Crippen molar-refractivity contribution < 1.29 is 4.79 Å². The molecule has 0 atom stereocenters. The van der Waals surface area contributed by atoms with Gasteiger partial charge in [0, 0.05) is 17.0 Å². The SMILES string of the molecule is Cc1ccc(-c2nc(N)nc3sc(C(=O)NC4CCN(C)CC4)cc23)c(Cl)c1. The first-order valence-corrected chi connectivity index (χ1v) is 10.4. The summed E-state index contributed by atoms with van der Waals surface area (Å²) >= 11 is 7.78. The van der Waals surface area contributed by atoms with Crippen LogP contribution in [0.5, 0.6) is 0 Å². The molecule has 3 N–H and O–H groups in total. The number of benzene rings is 1. The summed E-state index contributed by atoms with van der Waals surface area (Å²) < 4.78 is 0. The second-order valence-corrected chi connectivity index (χ2v) is 8.73. The van der Waals surface area contributed by atoms with Gasteiger partial charge in [-0.25, -0.2) is 9.97 Å². The van der Waals surface area contributed by atoms with Gasteiger partial charge in [-0.2, -0.15) is 0 Å². The van der Waals surface area contributed by atoms with Gasteiger partial charge in [0.05, 0.1) is 15.6 Å². The number of likely N-dealkylation sites (tertiary alicyclic amines) is 1. The van der Waals surface area contributed by atoms with E-state index in [1.807, 2.05) is 31.2 Å². The molecule has 0 unspecified atom stereocenters. The van der Waals surface area contributed by atoms with Crippen LogP contribution in [0.15, 0.2) is 24.3 Å². The summed E-state index contributed by atoms with van der Waals surface area (Å²) in [6.07, 6.45) is 1.92. The van der Waals surface area contributed by atoms with E-state index in [-0.39, 0.29) is 17.9 Å². The van der Waals surface area contributed by atoms with Gasteiger partial charge in [0.25, 0.3) is 5.91 Å². The molecule has 3 heterocycles. The molecule has 4 rings (SSSR count). The molecule has 1 aliphatic rings. The fourth-order valence-corrected chi connectivity index (χ4v) is 4.74. The average molecular weight is 416 g/mol. The highest BCUT2D eigenvalue weighted by Crippen LogP contribution is 2.36. The van der Waals surface area contributed by atoms with Crippen LogP contribution in [0.4, 0.5) is 5.95 Å². The summed E-state index contributed by atoms with van der Waals surface area (Å²) in [4.78, 5) is 25.1. The van der Waals surface area contributed by atoms with Crippen molar-refractivity contribution in [3.8, 4) is 11.3 Å². The lowest BCUT2D eigenvalue weighted by atomic mass is 10.1. The fraction of sp³-hybridized carbons (Fsp3) is 0.350. The van der Waals surface area contributed by atoms with E-state index in [0.29, 0.717) is 20.4 Å². The minimum Gasteiger partial charge on any atom is -0.368 e. The number of halogens is 1. The van der Waals surface area contributed by atoms with Crippen LogP contribution in [0, 0.1) is 6.92 Å². The van der Waals surface area contributed by atoms with Gasteiger partial charge >= 0.3 is 0 Å². The highest BCUT2D eigenvalue weighted by atomic mass is 35.5. The number of thiophene rings is 1. The van der Waals surface area contributed by atoms with Crippen molar-refractivity contribution in [2.45, 2.75) is 25.8 Å². The molecule has 28 heavy (non-hydrogen) atoms. The van der Waals surface area contributed by atoms with Crippen molar-refractivity contribution in [2.75, 3.05) is 25.9 Å². The van der Waals surface area contributed by atoms with Gasteiger partial charge in [0.1, 0.15) is 4.83 Å². The van der Waals surface area contributed by atoms with E-state index in [9.17, 15) is 4.79 Å². The van der Waals surface area contributed by atoms with Crippen LogP contribution in [-0.2, 0) is 0 Å². The van der Waals surface area contributed by atoms with Crippen LogP contribution < -0.4 is 11.1 Å². The Balaban J connectivity index is 1.68. The zero-order valence-electron chi connectivity index (χ0n) is 15.8. The first-order chi connectivity index (χ1) is 13.4. The molecule has 1 aromatic carbocycles. The molecule has 3 aromatic rings. The van der Waals surface area contributed by atoms with Crippen LogP contribution in [-0.4, -0.2) is 47.0 Å². The van der Waals surface area contributed by atoms with Crippen molar-refractivity contribution in [2.24, 2.45) is 0 Å². The van der Waals surface area contributed by atoms with Gasteiger partial charge in [-0.15, -0.1) is 11.3 Å². The first kappa shape index (κ1) is 19.1. The number of hydrogen-bond donors (Lipinski definition) is 2. The Bertz CT molecular complexity index is 1040. The number of carbonyl (C=O) groups excluding carboxylic acids is 1. The summed E-state index contributed by atoms with van der Waals surface area (Å²) in [6, 6.07) is 7.84. The number of carbonyl (C=O) groups is 1. The highest BCUT2D eigenvalue weighted by Gasteiger charge is 2.22. The van der Waals surface area contributed by atoms with Crippen molar-refractivity contribution in [1.82, 2.24) is 20.2 Å². The number of nitrogens with one attached hydrogen (secondary N) is 1. The predicted molar refractivity (Wildman–Crippen MR) is 115 cm³/mol. The number of nitrogens with two attached hydrogens (primary N) is 1. The highest BCUT2D eigenvalue weighted by molar-refractivity contribution is 7.20. The molecule has 0 radical (unpaired) electrons. The number of nitrogens with zero attached hydrogens (tertiary/aromatic N) is 3. The fourth-order valence-electron chi connectivity index (χ4n) is 3.48. The number of piperidine rings is 1. The number of hydrogen-bond acceptors (Lipinski definition) is 6. The van der Waals surface area contributed by atoms with E-state index in [4.69, 9.17) is 17.3 Å². The molecule has 0 bridgehead atoms. The lowest BCUT2D eigenvalue weighted by molar-refractivity contribution is 0.0921. The molecule has 0 aliphatic carbocycles. The summed E-state index contributed by atoms with van der Waals surface area (Å²) in [5.74, 6) is 0.0975. The van der Waals surface area contributed by atoms with Gasteiger partial charge in [0.15, 0.2) is 0 Å². The van der Waals surface area contributed by atoms with E-state index >= 15 is 0 Å². The van der Waals surface area contributed by atoms with Gasteiger partial charge < -0.3 is 16.0 Å². The molecule has 1 aliphatic heterocycles. The Hall–Kier alpha value is -2.22. The molecular formula is C20H22ClN5OS. The third-order valence-corrected chi connectivity index (χ3v) is 6.41. The maximum Gasteiger partial charge on any atom is 0.261 e. The van der Waals surface area contributed by atoms with Crippen molar-refractivity contribution in [1.29, 1.82) is 0 Å². The summed E-state index contributed by atoms with van der Waals surface area (Å²) in [5.41, 5.74) is 8.43. The van der Waals surface area contributed by atoms with Crippen molar-refractivity contribution >= 4 is 45.0 Å². The molecule has 2 aromatic heterocycles. The van der Waals surface area contributed by atoms with Crippen LogP contribution >= 0.6 is 22.9 Å². The van der Waals surface area contributed by atoms with E-state index in [0.717, 1.165) is 42.4 Å². The topological polar surface area (TPSA) is 84.1 Å². The van der Waals surface area contributed by atoms with Crippen molar-refractivity contribution in [3.05, 3.63) is 39.7 Å². The number of amides is 1. The Labute approximate surface area is 172 Å². The van der Waals surface area contributed by atoms with Crippen molar-refractivity contribution in [3.63, 3.8) is 0 Å². The Morgan fingerprint density at radius 2 is 2.04 bits per heavy atom. The molecule has 1 saturated heterocycles. The largest absolute Gasteiger partial charge is 0.368 e. The van der Waals surface area contributed by atoms with E-state index in [1.54, 1.807) is 0 Å². The van der Waals surface area contributed by atoms with Gasteiger partial charge in [-0.1, -0.05) is 23.7 Å². The van der Waals surface area contributed by atoms with Crippen LogP contribution in [0.3, 0.4) is 0 Å². The molecule has 8 heteroatoms. The van der Waals surface area contributed by atoms with Crippen LogP contribution in [0.25, 0.3) is 21.5 Å². The number of nitrogen functional groups attached to an aromatic ring is 1. The molecule has 1 fully saturated rings. The Morgan fingerprint density at radius 3 is 2.75 bits per heavy atom. The maximum atomic E-state index is 12.8. The quantitative estimate of drug-likeness (QED) is 0.680. The standard InChI is InChI=1S/C20H22ClN5OS/c1-11-3-4-13(15(21)9-11)17-14-10-16(28-19(14)25-20(22)24-17)18(27)23-12-5-7-26(2)8-6-12/h3-4,9-10,12H,5-8H2,1-2H3,(H,23,27)(H2,22,24,25). The van der Waals surface area contributed by atoms with Crippen LogP contribution in [0.2, 0.25) is 5.02 Å². The number of rotatable bonds is 3. The Morgan fingerprint density at radius 1 is 1.29 bits per heavy atom. The third-order valence-electron chi connectivity index (χ3n) is 5.07. The Kier molecular flexibility index (Phi) is 5.23. The molecule has 0 spiro atoms. The number of aryl methyl sites for hydroxylation is 1. The molecule has 0 saturated carbocycles. The molecule has 6 nitrogen and oxygen atoms in total. The normalized spacial score (nSPS) is 15.8. The molecule has 146 valence electrons. The van der Waals surface area contributed by atoms with E-state index in [2.05, 4.69) is 27.2 Å². The zero-order chi connectivity index (χ0) is 19.8. The molecular weight excluding hydrogens is 394 g/mol. The number of aromatic nitrogens is 2. The summed E-state index contributed by atoms with van der Waals surface area (Å²) in [5, 5.41) is 4.54. The summed E-state index contributed by atoms with van der Waals surface area (Å²) in [7, 11) is 2.10. The smallest absolute Gasteiger partial charge is 0.261 e. The van der Waals surface area contributed by atoms with Gasteiger partial charge in [-0.05, 0) is 57.6 Å². The lowest BCUT2D eigenvalue weighted by Crippen LogP contribution is -2.43. The van der Waals surface area contributed by atoms with E-state index < -0.39 is 0 Å². The minimum atomic E-state index is -0.0722. The maximum absolute atomic E-state index is 12.8. The van der Waals surface area contributed by atoms with Gasteiger partial charge in [-0.3, -0.25) is 4.79 Å². The summed E-state index contributed by atoms with van der Waals surface area (Å²) in [6.45, 7) is 3.97. The zero-order valence-corrected chi connectivity index (χ0v) is 17.4. The predicted octanol–water partition coefficient (Wildman–Crippen LogP) is 3.73. The van der Waals surface area contributed by atoms with E-state index in [1.165, 1.54) is 11.3 Å². The average Bonchev–Trinajstić information content (AvgIpc) is 3.07. The second-order valence-electron chi connectivity index (χ2n) is 7.29. The first-order valence-electron chi connectivity index (χ1n) is 9.23. The van der Waals surface area contributed by atoms with Crippen LogP contribution in [0.1, 0.15) is 28.1 Å². The molecule has 1 amide bonds. The lowest BCUT2D eigenvalue weighted by Gasteiger charge is -2.29. The van der Waals surface area contributed by atoms with Gasteiger partial charge in [0.2, 0.25) is 5.95 Å². The third kappa shape index (κ3) is 3.83. The second kappa shape index (κ2) is 7.66.